The Morgan fingerprint density at radius 2 is 1.58 bits per heavy atom. The van der Waals surface area contributed by atoms with Gasteiger partial charge in [0, 0.05) is 28.2 Å². The van der Waals surface area contributed by atoms with Crippen molar-refractivity contribution in [1.82, 2.24) is 10.2 Å². The maximum atomic E-state index is 16.1. The van der Waals surface area contributed by atoms with Gasteiger partial charge >= 0.3 is 5.92 Å². The van der Waals surface area contributed by atoms with Crippen LogP contribution in [-0.4, -0.2) is 52.1 Å². The highest BCUT2D eigenvalue weighted by atomic mass is 79.9. The normalized spacial score (nSPS) is 23.7. The lowest BCUT2D eigenvalue weighted by Gasteiger charge is -2.41. The average Bonchev–Trinajstić information content (AvgIpc) is 3.60. The fraction of sp³-hybridized carbons (Fsp3) is 0.455. The van der Waals surface area contributed by atoms with Crippen LogP contribution in [0.2, 0.25) is 0 Å². The molecular formula is C33H36BrF2N3O4. The van der Waals surface area contributed by atoms with E-state index in [9.17, 15) is 14.7 Å². The van der Waals surface area contributed by atoms with Gasteiger partial charge in [0.15, 0.2) is 12.1 Å². The molecule has 228 valence electrons. The highest BCUT2D eigenvalue weighted by Crippen LogP contribution is 2.40. The number of amides is 2. The largest absolute Gasteiger partial charge is 0.490 e. The Hall–Kier alpha value is -3.08. The van der Waals surface area contributed by atoms with Crippen molar-refractivity contribution in [3.05, 3.63) is 76.3 Å². The lowest BCUT2D eigenvalue weighted by Crippen LogP contribution is -2.61. The van der Waals surface area contributed by atoms with E-state index >= 15 is 8.78 Å². The summed E-state index contributed by atoms with van der Waals surface area (Å²) in [6, 6.07) is 13.2. The second-order valence-electron chi connectivity index (χ2n) is 12.1. The highest BCUT2D eigenvalue weighted by molar-refractivity contribution is 9.10. The van der Waals surface area contributed by atoms with Crippen molar-refractivity contribution < 1.29 is 28.2 Å². The van der Waals surface area contributed by atoms with Crippen LogP contribution < -0.4 is 15.8 Å². The summed E-state index contributed by atoms with van der Waals surface area (Å²) >= 11 is 3.25. The molecule has 2 aliphatic heterocycles. The minimum Gasteiger partial charge on any atom is -0.490 e. The van der Waals surface area contributed by atoms with Crippen LogP contribution in [0.1, 0.15) is 68.6 Å². The van der Waals surface area contributed by atoms with Crippen LogP contribution in [0.4, 0.5) is 8.78 Å². The van der Waals surface area contributed by atoms with Gasteiger partial charge in [-0.05, 0) is 98.0 Å². The van der Waals surface area contributed by atoms with Crippen molar-refractivity contribution in [2.24, 2.45) is 5.73 Å². The molecule has 43 heavy (non-hydrogen) atoms. The fourth-order valence-corrected chi connectivity index (χ4v) is 7.20. The lowest BCUT2D eigenvalue weighted by molar-refractivity contribution is -0.155. The molecule has 10 heteroatoms. The monoisotopic (exact) mass is 655 g/mol. The first kappa shape index (κ1) is 30.0. The first-order valence-electron chi connectivity index (χ1n) is 15.0. The summed E-state index contributed by atoms with van der Waals surface area (Å²) in [5, 5.41) is 14.9. The number of halogens is 3. The van der Waals surface area contributed by atoms with Gasteiger partial charge in [-0.15, -0.1) is 0 Å². The van der Waals surface area contributed by atoms with E-state index in [0.29, 0.717) is 30.2 Å². The SMILES string of the molecule is NC1CC2CCC(C1)N2C(=O)[C@@H](NC(=O)C(O)c1ccc2cc(OC3CCCC3)ccc2c1)C(F)(F)c1ccc(Br)cc1. The number of hydrogen-bond acceptors (Lipinski definition) is 5. The Morgan fingerprint density at radius 3 is 2.26 bits per heavy atom. The Balaban J connectivity index is 1.24. The summed E-state index contributed by atoms with van der Waals surface area (Å²) in [7, 11) is 0. The molecule has 1 aliphatic carbocycles. The summed E-state index contributed by atoms with van der Waals surface area (Å²) in [6.45, 7) is 0. The van der Waals surface area contributed by atoms with E-state index < -0.39 is 35.4 Å². The molecule has 4 atom stereocenters. The molecule has 2 bridgehead atoms. The highest BCUT2D eigenvalue weighted by Gasteiger charge is 2.53. The second-order valence-corrected chi connectivity index (χ2v) is 13.0. The Morgan fingerprint density at radius 1 is 0.953 bits per heavy atom. The van der Waals surface area contributed by atoms with Gasteiger partial charge in [-0.2, -0.15) is 8.78 Å². The van der Waals surface area contributed by atoms with Gasteiger partial charge in [-0.1, -0.05) is 46.3 Å². The van der Waals surface area contributed by atoms with Gasteiger partial charge in [0.05, 0.1) is 6.10 Å². The number of carbonyl (C=O) groups is 2. The molecule has 3 unspecified atom stereocenters. The van der Waals surface area contributed by atoms with Crippen molar-refractivity contribution in [2.75, 3.05) is 0 Å². The van der Waals surface area contributed by atoms with E-state index in [0.717, 1.165) is 42.2 Å². The van der Waals surface area contributed by atoms with Crippen LogP contribution >= 0.6 is 15.9 Å². The molecule has 1 saturated carbocycles. The summed E-state index contributed by atoms with van der Waals surface area (Å²) in [5.41, 5.74) is 5.98. The number of nitrogens with zero attached hydrogens (tertiary/aromatic N) is 1. The second kappa shape index (κ2) is 12.1. The molecular weight excluding hydrogens is 620 g/mol. The number of alkyl halides is 2. The molecule has 0 radical (unpaired) electrons. The third kappa shape index (κ3) is 6.14. The van der Waals surface area contributed by atoms with Crippen molar-refractivity contribution >= 4 is 38.5 Å². The first-order valence-corrected chi connectivity index (χ1v) is 15.8. The zero-order valence-corrected chi connectivity index (χ0v) is 25.3. The predicted molar refractivity (Wildman–Crippen MR) is 163 cm³/mol. The standard InChI is InChI=1S/C33H36BrF2N3O4/c34-23-10-8-22(9-11-23)33(35,36)30(32(42)39-25-12-13-26(39)18-24(37)17-25)38-31(41)29(40)21-6-5-20-16-28(14-7-19(20)15-21)43-27-3-1-2-4-27/h5-11,14-16,24-27,29-30,40H,1-4,12-13,17-18,37H2,(H,38,41)/t24?,25?,26?,29?,30-/m1/s1. The number of piperidine rings is 1. The lowest BCUT2D eigenvalue weighted by atomic mass is 9.94. The minimum absolute atomic E-state index is 0.0957. The molecule has 6 rings (SSSR count). The molecule has 2 amide bonds. The number of benzene rings is 3. The summed E-state index contributed by atoms with van der Waals surface area (Å²) in [5.74, 6) is -4.92. The van der Waals surface area contributed by atoms with Gasteiger partial charge in [0.25, 0.3) is 11.8 Å². The third-order valence-corrected chi connectivity index (χ3v) is 9.68. The van der Waals surface area contributed by atoms with E-state index in [1.165, 1.54) is 29.2 Å². The Labute approximate surface area is 257 Å². The van der Waals surface area contributed by atoms with Crippen molar-refractivity contribution in [3.63, 3.8) is 0 Å². The number of rotatable bonds is 8. The third-order valence-electron chi connectivity index (χ3n) is 9.15. The quantitative estimate of drug-likeness (QED) is 0.288. The first-order chi connectivity index (χ1) is 20.6. The van der Waals surface area contributed by atoms with Gasteiger partial charge in [0.1, 0.15) is 5.75 Å². The van der Waals surface area contributed by atoms with E-state index in [1.807, 2.05) is 18.2 Å². The van der Waals surface area contributed by atoms with Gasteiger partial charge in [0.2, 0.25) is 0 Å². The summed E-state index contributed by atoms with van der Waals surface area (Å²) in [4.78, 5) is 28.7. The Bertz CT molecular complexity index is 1480. The van der Waals surface area contributed by atoms with Crippen molar-refractivity contribution in [3.8, 4) is 5.75 Å². The number of aliphatic hydroxyl groups is 1. The number of nitrogens with two attached hydrogens (primary N) is 1. The molecule has 0 aromatic heterocycles. The van der Waals surface area contributed by atoms with Crippen molar-refractivity contribution in [1.29, 1.82) is 0 Å². The molecule has 0 spiro atoms. The van der Waals surface area contributed by atoms with Crippen LogP contribution in [0.3, 0.4) is 0 Å². The smallest absolute Gasteiger partial charge is 0.302 e. The molecule has 3 aliphatic rings. The van der Waals surface area contributed by atoms with Crippen LogP contribution in [0.15, 0.2) is 65.1 Å². The van der Waals surface area contributed by atoms with Crippen LogP contribution in [0.25, 0.3) is 10.8 Å². The molecule has 2 heterocycles. The van der Waals surface area contributed by atoms with E-state index in [1.54, 1.807) is 18.2 Å². The zero-order chi connectivity index (χ0) is 30.3. The van der Waals surface area contributed by atoms with Gasteiger partial charge in [-0.25, -0.2) is 0 Å². The number of hydrogen-bond donors (Lipinski definition) is 3. The maximum absolute atomic E-state index is 16.1. The topological polar surface area (TPSA) is 105 Å². The van der Waals surface area contributed by atoms with E-state index in [-0.39, 0.29) is 29.8 Å². The van der Waals surface area contributed by atoms with Crippen LogP contribution in [0.5, 0.6) is 5.75 Å². The summed E-state index contributed by atoms with van der Waals surface area (Å²) < 4.78 is 39.0. The zero-order valence-electron chi connectivity index (χ0n) is 23.7. The Kier molecular flexibility index (Phi) is 8.45. The van der Waals surface area contributed by atoms with Crippen molar-refractivity contribution in [2.45, 2.75) is 93.7 Å². The molecule has 3 fully saturated rings. The summed E-state index contributed by atoms with van der Waals surface area (Å²) in [6.07, 6.45) is 5.27. The number of aliphatic hydroxyl groups excluding tert-OH is 1. The predicted octanol–water partition coefficient (Wildman–Crippen LogP) is 5.71. The molecule has 4 N–H and O–H groups in total. The van der Waals surface area contributed by atoms with Crippen LogP contribution in [0, 0.1) is 0 Å². The number of ether oxygens (including phenoxy) is 1. The van der Waals surface area contributed by atoms with Gasteiger partial charge in [-0.3, -0.25) is 9.59 Å². The number of nitrogens with one attached hydrogen (secondary N) is 1. The van der Waals surface area contributed by atoms with E-state index in [4.69, 9.17) is 10.5 Å². The molecule has 7 nitrogen and oxygen atoms in total. The van der Waals surface area contributed by atoms with E-state index in [2.05, 4.69) is 21.2 Å². The number of fused-ring (bicyclic) bond motifs is 3. The molecule has 3 aromatic rings. The maximum Gasteiger partial charge on any atom is 0.302 e. The fourth-order valence-electron chi connectivity index (χ4n) is 6.93. The van der Waals surface area contributed by atoms with Crippen LogP contribution in [-0.2, 0) is 15.5 Å². The van der Waals surface area contributed by atoms with Gasteiger partial charge < -0.3 is 25.8 Å². The number of carbonyl (C=O) groups excluding carboxylic acids is 2. The molecule has 2 saturated heterocycles. The minimum atomic E-state index is -3.74. The average molecular weight is 657 g/mol. The molecule has 3 aromatic carbocycles.